The van der Waals surface area contributed by atoms with Crippen molar-refractivity contribution in [1.82, 2.24) is 5.32 Å². The van der Waals surface area contributed by atoms with Gasteiger partial charge in [-0.1, -0.05) is 38.0 Å². The van der Waals surface area contributed by atoms with Gasteiger partial charge in [0.1, 0.15) is 6.54 Å². The quantitative estimate of drug-likeness (QED) is 0.564. The molecule has 1 amide bonds. The van der Waals surface area contributed by atoms with Crippen LogP contribution in [0, 0.1) is 0 Å². The Hall–Kier alpha value is -2.74. The molecule has 158 valence electrons. The van der Waals surface area contributed by atoms with Gasteiger partial charge in [0.25, 0.3) is 10.0 Å². The van der Waals surface area contributed by atoms with Crippen LogP contribution in [0.15, 0.2) is 53.4 Å². The van der Waals surface area contributed by atoms with Gasteiger partial charge in [-0.15, -0.1) is 0 Å². The summed E-state index contributed by atoms with van der Waals surface area (Å²) in [5.41, 5.74) is 0.315. The highest BCUT2D eigenvalue weighted by Crippen LogP contribution is 2.33. The van der Waals surface area contributed by atoms with Crippen LogP contribution in [-0.2, 0) is 14.8 Å². The molecule has 29 heavy (non-hydrogen) atoms. The highest BCUT2D eigenvalue weighted by atomic mass is 32.2. The minimum absolute atomic E-state index is 0.105. The van der Waals surface area contributed by atoms with Crippen LogP contribution in [0.2, 0.25) is 0 Å². The molecule has 0 fully saturated rings. The SMILES string of the molecule is CCCCCNC(=O)CN(c1ccc(OC)c(OC)c1)S(=O)(=O)c1ccccc1. The maximum absolute atomic E-state index is 13.3. The predicted molar refractivity (Wildman–Crippen MR) is 113 cm³/mol. The second-order valence-electron chi connectivity index (χ2n) is 6.42. The highest BCUT2D eigenvalue weighted by Gasteiger charge is 2.27. The van der Waals surface area contributed by atoms with Crippen LogP contribution in [0.25, 0.3) is 0 Å². The second kappa shape index (κ2) is 10.7. The summed E-state index contributed by atoms with van der Waals surface area (Å²) >= 11 is 0. The van der Waals surface area contributed by atoms with E-state index in [0.29, 0.717) is 23.7 Å². The van der Waals surface area contributed by atoms with Gasteiger partial charge in [0.05, 0.1) is 24.8 Å². The van der Waals surface area contributed by atoms with Gasteiger partial charge in [0.15, 0.2) is 11.5 Å². The lowest BCUT2D eigenvalue weighted by Crippen LogP contribution is -2.41. The molecule has 0 aliphatic rings. The van der Waals surface area contributed by atoms with Gasteiger partial charge in [-0.2, -0.15) is 0 Å². The monoisotopic (exact) mass is 420 g/mol. The third-order valence-corrected chi connectivity index (χ3v) is 6.16. The Kier molecular flexibility index (Phi) is 8.33. The number of carbonyl (C=O) groups excluding carboxylic acids is 1. The van der Waals surface area contributed by atoms with Crippen LogP contribution in [0.1, 0.15) is 26.2 Å². The third-order valence-electron chi connectivity index (χ3n) is 4.38. The normalized spacial score (nSPS) is 11.0. The zero-order chi connectivity index (χ0) is 21.3. The van der Waals surface area contributed by atoms with Crippen LogP contribution in [0.4, 0.5) is 5.69 Å². The predicted octanol–water partition coefficient (Wildman–Crippen LogP) is 3.21. The molecule has 0 bridgehead atoms. The Morgan fingerprint density at radius 3 is 2.31 bits per heavy atom. The fraction of sp³-hybridized carbons (Fsp3) is 0.381. The van der Waals surface area contributed by atoms with E-state index in [4.69, 9.17) is 9.47 Å². The summed E-state index contributed by atoms with van der Waals surface area (Å²) in [5, 5.41) is 2.79. The lowest BCUT2D eigenvalue weighted by Gasteiger charge is -2.25. The number of benzene rings is 2. The number of hydrogen-bond acceptors (Lipinski definition) is 5. The van der Waals surface area contributed by atoms with E-state index in [1.54, 1.807) is 36.4 Å². The molecule has 2 rings (SSSR count). The van der Waals surface area contributed by atoms with E-state index in [-0.39, 0.29) is 17.3 Å². The van der Waals surface area contributed by atoms with E-state index < -0.39 is 10.0 Å². The zero-order valence-electron chi connectivity index (χ0n) is 17.1. The average molecular weight is 421 g/mol. The molecule has 0 aliphatic carbocycles. The van der Waals surface area contributed by atoms with Crippen molar-refractivity contribution in [2.45, 2.75) is 31.1 Å². The summed E-state index contributed by atoms with van der Waals surface area (Å²) in [5.74, 6) is 0.481. The smallest absolute Gasteiger partial charge is 0.264 e. The van der Waals surface area contributed by atoms with Gasteiger partial charge in [-0.25, -0.2) is 8.42 Å². The number of ether oxygens (including phenoxy) is 2. The molecule has 0 saturated heterocycles. The molecule has 0 radical (unpaired) electrons. The topological polar surface area (TPSA) is 84.9 Å². The van der Waals surface area contributed by atoms with E-state index in [9.17, 15) is 13.2 Å². The lowest BCUT2D eigenvalue weighted by atomic mass is 10.2. The van der Waals surface area contributed by atoms with Crippen molar-refractivity contribution in [1.29, 1.82) is 0 Å². The fourth-order valence-electron chi connectivity index (χ4n) is 2.80. The first-order valence-electron chi connectivity index (χ1n) is 9.50. The average Bonchev–Trinajstić information content (AvgIpc) is 2.75. The summed E-state index contributed by atoms with van der Waals surface area (Å²) in [6.07, 6.45) is 2.89. The Balaban J connectivity index is 2.37. The molecular formula is C21H28N2O5S. The molecule has 2 aromatic carbocycles. The van der Waals surface area contributed by atoms with E-state index in [1.807, 2.05) is 0 Å². The molecule has 0 aromatic heterocycles. The summed E-state index contributed by atoms with van der Waals surface area (Å²) < 4.78 is 38.1. The standard InChI is InChI=1S/C21H28N2O5S/c1-4-5-9-14-22-21(24)16-23(29(25,26)18-10-7-6-8-11-18)17-12-13-19(27-2)20(15-17)28-3/h6-8,10-13,15H,4-5,9,14,16H2,1-3H3,(H,22,24). The van der Waals surface area contributed by atoms with Crippen molar-refractivity contribution in [3.8, 4) is 11.5 Å². The molecule has 2 aromatic rings. The maximum atomic E-state index is 13.3. The number of unbranched alkanes of at least 4 members (excludes halogenated alkanes) is 2. The van der Waals surface area contributed by atoms with Crippen molar-refractivity contribution in [2.75, 3.05) is 31.6 Å². The van der Waals surface area contributed by atoms with Crippen LogP contribution < -0.4 is 19.1 Å². The van der Waals surface area contributed by atoms with Crippen molar-refractivity contribution in [3.63, 3.8) is 0 Å². The fourth-order valence-corrected chi connectivity index (χ4v) is 4.24. The number of rotatable bonds is 11. The Morgan fingerprint density at radius 2 is 1.69 bits per heavy atom. The number of anilines is 1. The Morgan fingerprint density at radius 1 is 1.00 bits per heavy atom. The van der Waals surface area contributed by atoms with Crippen LogP contribution in [0.5, 0.6) is 11.5 Å². The Labute approximate surface area is 172 Å². The minimum Gasteiger partial charge on any atom is -0.493 e. The third kappa shape index (κ3) is 5.87. The molecule has 0 aliphatic heterocycles. The molecule has 0 heterocycles. The number of amides is 1. The first-order chi connectivity index (χ1) is 13.9. The number of sulfonamides is 1. The zero-order valence-corrected chi connectivity index (χ0v) is 17.9. The van der Waals surface area contributed by atoms with Gasteiger partial charge < -0.3 is 14.8 Å². The molecule has 0 atom stereocenters. The van der Waals surface area contributed by atoms with Crippen molar-refractivity contribution in [2.24, 2.45) is 0 Å². The van der Waals surface area contributed by atoms with Gasteiger partial charge in [0, 0.05) is 12.6 Å². The number of nitrogens with one attached hydrogen (secondary N) is 1. The highest BCUT2D eigenvalue weighted by molar-refractivity contribution is 7.92. The van der Waals surface area contributed by atoms with Gasteiger partial charge >= 0.3 is 0 Å². The number of hydrogen-bond donors (Lipinski definition) is 1. The molecule has 0 unspecified atom stereocenters. The summed E-state index contributed by atoms with van der Waals surface area (Å²) in [6, 6.07) is 12.8. The lowest BCUT2D eigenvalue weighted by molar-refractivity contribution is -0.119. The molecule has 0 spiro atoms. The van der Waals surface area contributed by atoms with Crippen LogP contribution in [0.3, 0.4) is 0 Å². The van der Waals surface area contributed by atoms with E-state index in [0.717, 1.165) is 23.6 Å². The molecule has 8 heteroatoms. The minimum atomic E-state index is -3.95. The molecule has 1 N–H and O–H groups in total. The maximum Gasteiger partial charge on any atom is 0.264 e. The first-order valence-corrected chi connectivity index (χ1v) is 10.9. The van der Waals surface area contributed by atoms with Crippen LogP contribution >= 0.6 is 0 Å². The summed E-state index contributed by atoms with van der Waals surface area (Å²) in [4.78, 5) is 12.6. The number of carbonyl (C=O) groups is 1. The summed E-state index contributed by atoms with van der Waals surface area (Å²) in [7, 11) is -0.983. The van der Waals surface area contributed by atoms with E-state index >= 15 is 0 Å². The van der Waals surface area contributed by atoms with Crippen LogP contribution in [-0.4, -0.2) is 41.6 Å². The van der Waals surface area contributed by atoms with E-state index in [2.05, 4.69) is 12.2 Å². The first kappa shape index (κ1) is 22.5. The Bertz CT molecular complexity index is 901. The van der Waals surface area contributed by atoms with Gasteiger partial charge in [-0.3, -0.25) is 9.10 Å². The van der Waals surface area contributed by atoms with Crippen molar-refractivity contribution >= 4 is 21.6 Å². The van der Waals surface area contributed by atoms with Gasteiger partial charge in [0.2, 0.25) is 5.91 Å². The summed E-state index contributed by atoms with van der Waals surface area (Å²) in [6.45, 7) is 2.25. The molecule has 7 nitrogen and oxygen atoms in total. The van der Waals surface area contributed by atoms with Crippen molar-refractivity contribution in [3.05, 3.63) is 48.5 Å². The van der Waals surface area contributed by atoms with Gasteiger partial charge in [-0.05, 0) is 30.7 Å². The largest absolute Gasteiger partial charge is 0.493 e. The number of nitrogens with zero attached hydrogens (tertiary/aromatic N) is 1. The van der Waals surface area contributed by atoms with E-state index in [1.165, 1.54) is 26.4 Å². The van der Waals surface area contributed by atoms with Crippen molar-refractivity contribution < 1.29 is 22.7 Å². The second-order valence-corrected chi connectivity index (χ2v) is 8.28. The molecular weight excluding hydrogens is 392 g/mol. The number of methoxy groups -OCH3 is 2. The molecule has 0 saturated carbocycles.